The van der Waals surface area contributed by atoms with Crippen LogP contribution in [-0.2, 0) is 0 Å². The van der Waals surface area contributed by atoms with Crippen LogP contribution in [0.3, 0.4) is 0 Å². The first-order valence-corrected chi connectivity index (χ1v) is 17.9. The highest BCUT2D eigenvalue weighted by atomic mass is 32.2. The third-order valence-electron chi connectivity index (χ3n) is 4.49. The van der Waals surface area contributed by atoms with Crippen LogP contribution in [0.2, 0.25) is 0 Å². The maximum Gasteiger partial charge on any atom is 0.169 e. The Morgan fingerprint density at radius 3 is 1.71 bits per heavy atom. The van der Waals surface area contributed by atoms with E-state index in [1.807, 2.05) is 95.6 Å². The lowest BCUT2D eigenvalue weighted by molar-refractivity contribution is 0.301. The molecule has 0 radical (unpaired) electrons. The quantitative estimate of drug-likeness (QED) is 0.107. The van der Waals surface area contributed by atoms with Crippen LogP contribution in [0.25, 0.3) is 0 Å². The molecule has 2 aromatic rings. The van der Waals surface area contributed by atoms with Crippen LogP contribution in [0.1, 0.15) is 12.8 Å². The molecule has 0 spiro atoms. The van der Waals surface area contributed by atoms with Crippen molar-refractivity contribution in [2.24, 2.45) is 0 Å². The summed E-state index contributed by atoms with van der Waals surface area (Å²) in [6, 6.07) is 15.7. The predicted molar refractivity (Wildman–Crippen MR) is 170 cm³/mol. The van der Waals surface area contributed by atoms with E-state index in [0.29, 0.717) is 13.2 Å². The zero-order valence-corrected chi connectivity index (χ0v) is 25.3. The molecular formula is C26H38O3S6. The summed E-state index contributed by atoms with van der Waals surface area (Å²) >= 11 is 16.4. The molecule has 0 unspecified atom stereocenters. The van der Waals surface area contributed by atoms with Gasteiger partial charge in [-0.1, -0.05) is 18.2 Å². The van der Waals surface area contributed by atoms with Gasteiger partial charge in [0, 0.05) is 40.6 Å². The second-order valence-electron chi connectivity index (χ2n) is 7.32. The summed E-state index contributed by atoms with van der Waals surface area (Å²) in [5, 5.41) is 0. The number of benzene rings is 2. The van der Waals surface area contributed by atoms with Crippen LogP contribution in [0, 0.1) is 0 Å². The summed E-state index contributed by atoms with van der Waals surface area (Å²) in [4.78, 5) is 0. The van der Waals surface area contributed by atoms with Crippen molar-refractivity contribution in [1.29, 1.82) is 0 Å². The van der Waals surface area contributed by atoms with Crippen molar-refractivity contribution in [3.05, 3.63) is 48.5 Å². The largest absolute Gasteiger partial charge is 0.493 e. The van der Waals surface area contributed by atoms with Gasteiger partial charge < -0.3 is 14.2 Å². The molecule has 0 saturated heterocycles. The third kappa shape index (κ3) is 15.7. The first-order valence-electron chi connectivity index (χ1n) is 12.0. The molecule has 0 N–H and O–H groups in total. The van der Waals surface area contributed by atoms with Crippen LogP contribution in [0.15, 0.2) is 48.5 Å². The lowest BCUT2D eigenvalue weighted by Crippen LogP contribution is -2.01. The monoisotopic (exact) mass is 590 g/mol. The van der Waals surface area contributed by atoms with Gasteiger partial charge >= 0.3 is 0 Å². The minimum absolute atomic E-state index is 0.687. The van der Waals surface area contributed by atoms with Crippen LogP contribution in [0.4, 0.5) is 0 Å². The van der Waals surface area contributed by atoms with Gasteiger partial charge in [-0.25, -0.2) is 0 Å². The molecule has 35 heavy (non-hydrogen) atoms. The molecule has 0 bridgehead atoms. The molecule has 0 aromatic heterocycles. The smallest absolute Gasteiger partial charge is 0.169 e. The van der Waals surface area contributed by atoms with Gasteiger partial charge in [0.25, 0.3) is 0 Å². The Morgan fingerprint density at radius 1 is 0.543 bits per heavy atom. The Bertz CT molecular complexity index is 780. The van der Waals surface area contributed by atoms with E-state index in [-0.39, 0.29) is 0 Å². The van der Waals surface area contributed by atoms with Gasteiger partial charge in [0.05, 0.1) is 13.2 Å². The van der Waals surface area contributed by atoms with Crippen LogP contribution in [0.5, 0.6) is 23.0 Å². The number of ether oxygens (including phenoxy) is 3. The molecule has 0 fully saturated rings. The average Bonchev–Trinajstić information content (AvgIpc) is 2.88. The van der Waals surface area contributed by atoms with E-state index in [2.05, 4.69) is 25.3 Å². The number of rotatable bonds is 22. The van der Waals surface area contributed by atoms with Crippen LogP contribution >= 0.6 is 72.3 Å². The van der Waals surface area contributed by atoms with Crippen molar-refractivity contribution >= 4 is 72.3 Å². The fourth-order valence-corrected chi connectivity index (χ4v) is 7.25. The van der Waals surface area contributed by atoms with Gasteiger partial charge in [0.1, 0.15) is 11.5 Å². The fourth-order valence-electron chi connectivity index (χ4n) is 2.88. The van der Waals surface area contributed by atoms with E-state index in [1.165, 1.54) is 23.0 Å². The number of para-hydroxylation sites is 2. The highest BCUT2D eigenvalue weighted by Gasteiger charge is 2.07. The molecule has 9 heteroatoms. The van der Waals surface area contributed by atoms with Gasteiger partial charge in [-0.2, -0.15) is 72.3 Å². The standard InChI is InChI=1S/C26H38O3S6/c30-12-16-34-20-18-32-14-4-10-27-23-6-3-7-24(22-23)29-26-9-2-1-8-25(26)28-11-5-15-33-19-21-35-17-13-31/h1-3,6-9,22,30-31H,4-5,10-21H2. The number of hydrogen-bond donors (Lipinski definition) is 2. The second-order valence-corrected chi connectivity index (χ2v) is 13.1. The van der Waals surface area contributed by atoms with E-state index in [9.17, 15) is 0 Å². The summed E-state index contributed by atoms with van der Waals surface area (Å²) in [5.41, 5.74) is 0. The second kappa shape index (κ2) is 22.0. The summed E-state index contributed by atoms with van der Waals surface area (Å²) in [5.74, 6) is 14.3. The summed E-state index contributed by atoms with van der Waals surface area (Å²) in [7, 11) is 0. The minimum Gasteiger partial charge on any atom is -0.493 e. The van der Waals surface area contributed by atoms with Crippen molar-refractivity contribution in [1.82, 2.24) is 0 Å². The summed E-state index contributed by atoms with van der Waals surface area (Å²) in [6.07, 6.45) is 2.06. The third-order valence-corrected chi connectivity index (χ3v) is 10.2. The van der Waals surface area contributed by atoms with Crippen LogP contribution in [-0.4, -0.2) is 70.7 Å². The fraction of sp³-hybridized carbons (Fsp3) is 0.538. The van der Waals surface area contributed by atoms with E-state index < -0.39 is 0 Å². The molecule has 196 valence electrons. The van der Waals surface area contributed by atoms with E-state index in [0.717, 1.165) is 70.4 Å². The van der Waals surface area contributed by atoms with Gasteiger partial charge in [-0.15, -0.1) is 0 Å². The Balaban J connectivity index is 1.67. The molecular weight excluding hydrogens is 553 g/mol. The summed E-state index contributed by atoms with van der Waals surface area (Å²) < 4.78 is 18.1. The van der Waals surface area contributed by atoms with E-state index in [1.54, 1.807) is 0 Å². The SMILES string of the molecule is SCCSCCSCCCOc1cccc(Oc2ccccc2OCCCSCCSCCS)c1. The Hall–Kier alpha value is -0.0600. The maximum absolute atomic E-state index is 6.14. The molecule has 0 aliphatic rings. The zero-order chi connectivity index (χ0) is 24.8. The number of thiol groups is 2. The van der Waals surface area contributed by atoms with Gasteiger partial charge in [0.2, 0.25) is 0 Å². The first-order chi connectivity index (χ1) is 17.3. The number of thioether (sulfide) groups is 4. The highest BCUT2D eigenvalue weighted by molar-refractivity contribution is 8.03. The Labute approximate surface area is 240 Å². The maximum atomic E-state index is 6.14. The van der Waals surface area contributed by atoms with Crippen molar-refractivity contribution in [2.75, 3.05) is 70.7 Å². The highest BCUT2D eigenvalue weighted by Crippen LogP contribution is 2.32. The molecule has 2 rings (SSSR count). The predicted octanol–water partition coefficient (Wildman–Crippen LogP) is 7.81. The van der Waals surface area contributed by atoms with E-state index in [4.69, 9.17) is 14.2 Å². The van der Waals surface area contributed by atoms with Gasteiger partial charge in [0.15, 0.2) is 11.5 Å². The first kappa shape index (κ1) is 31.2. The summed E-state index contributed by atoms with van der Waals surface area (Å²) in [6.45, 7) is 1.40. The van der Waals surface area contributed by atoms with E-state index >= 15 is 0 Å². The van der Waals surface area contributed by atoms with Crippen molar-refractivity contribution in [2.45, 2.75) is 12.8 Å². The molecule has 0 aliphatic carbocycles. The lowest BCUT2D eigenvalue weighted by Gasteiger charge is -2.13. The molecule has 0 amide bonds. The Morgan fingerprint density at radius 2 is 1.09 bits per heavy atom. The van der Waals surface area contributed by atoms with Crippen molar-refractivity contribution in [3.63, 3.8) is 0 Å². The Kier molecular flexibility index (Phi) is 19.6. The zero-order valence-electron chi connectivity index (χ0n) is 20.3. The van der Waals surface area contributed by atoms with Crippen molar-refractivity contribution in [3.8, 4) is 23.0 Å². The van der Waals surface area contributed by atoms with Gasteiger partial charge in [-0.05, 0) is 60.1 Å². The van der Waals surface area contributed by atoms with Gasteiger partial charge in [-0.3, -0.25) is 0 Å². The molecule has 0 aliphatic heterocycles. The molecule has 0 atom stereocenters. The number of hydrogen-bond acceptors (Lipinski definition) is 9. The van der Waals surface area contributed by atoms with Crippen LogP contribution < -0.4 is 14.2 Å². The topological polar surface area (TPSA) is 27.7 Å². The molecule has 0 saturated carbocycles. The normalized spacial score (nSPS) is 10.9. The minimum atomic E-state index is 0.687. The molecule has 3 nitrogen and oxygen atoms in total. The van der Waals surface area contributed by atoms with Crippen molar-refractivity contribution < 1.29 is 14.2 Å². The average molecular weight is 591 g/mol. The lowest BCUT2D eigenvalue weighted by atomic mass is 10.3. The molecule has 0 heterocycles. The molecule has 2 aromatic carbocycles.